The van der Waals surface area contributed by atoms with E-state index in [4.69, 9.17) is 10.4 Å². The number of phenols is 1. The molecule has 0 amide bonds. The topological polar surface area (TPSA) is 95.0 Å². The maximum absolute atomic E-state index is 12.8. The molecule has 0 radical (unpaired) electrons. The van der Waals surface area contributed by atoms with Crippen LogP contribution in [0.15, 0.2) is 30.3 Å². The number of rotatable bonds is 3. The van der Waals surface area contributed by atoms with Gasteiger partial charge in [-0.2, -0.15) is 18.4 Å². The van der Waals surface area contributed by atoms with Crippen molar-refractivity contribution in [3.05, 3.63) is 47.0 Å². The summed E-state index contributed by atoms with van der Waals surface area (Å²) in [6.45, 7) is -0.168. The van der Waals surface area contributed by atoms with Crippen LogP contribution in [0.2, 0.25) is 0 Å². The van der Waals surface area contributed by atoms with E-state index in [1.54, 1.807) is 0 Å². The van der Waals surface area contributed by atoms with Gasteiger partial charge in [0.2, 0.25) is 0 Å². The lowest BCUT2D eigenvalue weighted by atomic mass is 10.1. The highest BCUT2D eigenvalue weighted by molar-refractivity contribution is 5.75. The predicted molar refractivity (Wildman–Crippen MR) is 81.0 cm³/mol. The van der Waals surface area contributed by atoms with Gasteiger partial charge >= 0.3 is 6.18 Å². The lowest BCUT2D eigenvalue weighted by molar-refractivity contribution is -0.137. The van der Waals surface area contributed by atoms with Crippen LogP contribution in [0, 0.1) is 11.3 Å². The number of phenolic OH excluding ortho intramolecular Hbond substituents is 1. The highest BCUT2D eigenvalue weighted by Crippen LogP contribution is 2.32. The van der Waals surface area contributed by atoms with E-state index in [0.717, 1.165) is 16.9 Å². The molecule has 9 heteroatoms. The summed E-state index contributed by atoms with van der Waals surface area (Å²) in [6, 6.07) is 7.64. The molecule has 0 atom stereocenters. The Morgan fingerprint density at radius 1 is 1.12 bits per heavy atom. The maximum atomic E-state index is 12.8. The van der Waals surface area contributed by atoms with E-state index in [1.807, 2.05) is 6.07 Å². The highest BCUT2D eigenvalue weighted by Gasteiger charge is 2.31. The van der Waals surface area contributed by atoms with Gasteiger partial charge in [-0.05, 0) is 42.3 Å². The summed E-state index contributed by atoms with van der Waals surface area (Å²) >= 11 is 0. The molecule has 0 fully saturated rings. The minimum atomic E-state index is -4.50. The number of aromatic nitrogens is 3. The standard InChI is InChI=1S/C16H11F3N4O2/c17-16(18,19)11-1-2-12-13(7-11)22-23(21-12)14-6-9(3-4-24)5-10(8-20)15(14)25/h1-2,5-7,24-25H,3-4H2. The van der Waals surface area contributed by atoms with E-state index >= 15 is 0 Å². The van der Waals surface area contributed by atoms with Crippen molar-refractivity contribution >= 4 is 11.0 Å². The molecule has 0 aliphatic heterocycles. The third-order valence-electron chi connectivity index (χ3n) is 3.59. The SMILES string of the molecule is N#Cc1cc(CCO)cc(-n2nc3ccc(C(F)(F)F)cc3n2)c1O. The van der Waals surface area contributed by atoms with Crippen LogP contribution in [-0.4, -0.2) is 31.8 Å². The molecule has 0 spiro atoms. The van der Waals surface area contributed by atoms with Gasteiger partial charge in [-0.1, -0.05) is 0 Å². The molecule has 0 aliphatic carbocycles. The lowest BCUT2D eigenvalue weighted by Crippen LogP contribution is -2.04. The fourth-order valence-corrected chi connectivity index (χ4v) is 2.39. The van der Waals surface area contributed by atoms with Crippen molar-refractivity contribution in [3.63, 3.8) is 0 Å². The van der Waals surface area contributed by atoms with Gasteiger partial charge in [-0.15, -0.1) is 15.0 Å². The monoisotopic (exact) mass is 348 g/mol. The number of nitriles is 1. The average molecular weight is 348 g/mol. The van der Waals surface area contributed by atoms with Gasteiger partial charge in [-0.25, -0.2) is 0 Å². The van der Waals surface area contributed by atoms with E-state index in [1.165, 1.54) is 18.2 Å². The first-order chi connectivity index (χ1) is 11.8. The Balaban J connectivity index is 2.16. The molecule has 6 nitrogen and oxygen atoms in total. The number of fused-ring (bicyclic) bond motifs is 1. The Morgan fingerprint density at radius 3 is 2.48 bits per heavy atom. The molecule has 1 heterocycles. The molecule has 128 valence electrons. The van der Waals surface area contributed by atoms with Crippen molar-refractivity contribution in [2.75, 3.05) is 6.61 Å². The molecular formula is C16H11F3N4O2. The largest absolute Gasteiger partial charge is 0.504 e. The normalized spacial score (nSPS) is 11.6. The zero-order valence-corrected chi connectivity index (χ0v) is 12.6. The molecule has 2 N–H and O–H groups in total. The number of benzene rings is 2. The van der Waals surface area contributed by atoms with Crippen LogP contribution in [0.5, 0.6) is 5.75 Å². The third kappa shape index (κ3) is 3.12. The third-order valence-corrected chi connectivity index (χ3v) is 3.59. The van der Waals surface area contributed by atoms with E-state index in [-0.39, 0.29) is 41.1 Å². The van der Waals surface area contributed by atoms with Crippen LogP contribution in [0.3, 0.4) is 0 Å². The second kappa shape index (κ2) is 6.07. The van der Waals surface area contributed by atoms with E-state index < -0.39 is 11.7 Å². The minimum Gasteiger partial charge on any atom is -0.504 e. The fraction of sp³-hybridized carbons (Fsp3) is 0.188. The molecule has 0 unspecified atom stereocenters. The summed E-state index contributed by atoms with van der Waals surface area (Å²) in [6.07, 6.45) is -4.27. The highest BCUT2D eigenvalue weighted by atomic mass is 19.4. The molecular weight excluding hydrogens is 337 g/mol. The number of halogens is 3. The number of aliphatic hydroxyl groups excluding tert-OH is 1. The molecule has 0 saturated carbocycles. The van der Waals surface area contributed by atoms with Crippen molar-refractivity contribution in [2.24, 2.45) is 0 Å². The quantitative estimate of drug-likeness (QED) is 0.758. The second-order valence-corrected chi connectivity index (χ2v) is 5.29. The molecule has 3 rings (SSSR count). The Hall–Kier alpha value is -3.12. The summed E-state index contributed by atoms with van der Waals surface area (Å²) in [5.41, 5.74) is -0.0866. The number of hydrogen-bond acceptors (Lipinski definition) is 5. The molecule has 2 aromatic carbocycles. The zero-order valence-electron chi connectivity index (χ0n) is 12.6. The molecule has 3 aromatic rings. The Labute approximate surface area is 139 Å². The maximum Gasteiger partial charge on any atom is 0.416 e. The van der Waals surface area contributed by atoms with Crippen molar-refractivity contribution in [1.29, 1.82) is 5.26 Å². The van der Waals surface area contributed by atoms with Crippen molar-refractivity contribution < 1.29 is 23.4 Å². The summed E-state index contributed by atoms with van der Waals surface area (Å²) in [5, 5.41) is 36.3. The lowest BCUT2D eigenvalue weighted by Gasteiger charge is -2.08. The number of alkyl halides is 3. The zero-order chi connectivity index (χ0) is 18.2. The first kappa shape index (κ1) is 16.7. The average Bonchev–Trinajstić information content (AvgIpc) is 2.98. The first-order valence-electron chi connectivity index (χ1n) is 7.15. The van der Waals surface area contributed by atoms with Gasteiger partial charge in [0, 0.05) is 6.61 Å². The molecule has 1 aromatic heterocycles. The van der Waals surface area contributed by atoms with Crippen LogP contribution in [0.1, 0.15) is 16.7 Å². The van der Waals surface area contributed by atoms with Gasteiger partial charge in [0.15, 0.2) is 5.75 Å². The van der Waals surface area contributed by atoms with Gasteiger partial charge in [0.1, 0.15) is 22.8 Å². The summed E-state index contributed by atoms with van der Waals surface area (Å²) in [7, 11) is 0. The van der Waals surface area contributed by atoms with Crippen LogP contribution in [-0.2, 0) is 12.6 Å². The summed E-state index contributed by atoms with van der Waals surface area (Å²) in [4.78, 5) is 0.974. The number of aliphatic hydroxyl groups is 1. The first-order valence-corrected chi connectivity index (χ1v) is 7.15. The van der Waals surface area contributed by atoms with Crippen molar-refractivity contribution in [3.8, 4) is 17.5 Å². The second-order valence-electron chi connectivity index (χ2n) is 5.29. The summed E-state index contributed by atoms with van der Waals surface area (Å²) in [5.74, 6) is -0.388. The van der Waals surface area contributed by atoms with Gasteiger partial charge < -0.3 is 10.2 Å². The van der Waals surface area contributed by atoms with Gasteiger partial charge in [0.05, 0.1) is 11.1 Å². The van der Waals surface area contributed by atoms with Crippen molar-refractivity contribution in [2.45, 2.75) is 12.6 Å². The van der Waals surface area contributed by atoms with Gasteiger partial charge in [-0.3, -0.25) is 0 Å². The Kier molecular flexibility index (Phi) is 4.06. The molecule has 0 aliphatic rings. The number of nitrogens with zero attached hydrogens (tertiary/aromatic N) is 4. The smallest absolute Gasteiger partial charge is 0.416 e. The minimum absolute atomic E-state index is 0.000272. The van der Waals surface area contributed by atoms with E-state index in [9.17, 15) is 18.3 Å². The number of hydrogen-bond donors (Lipinski definition) is 2. The summed E-state index contributed by atoms with van der Waals surface area (Å²) < 4.78 is 38.4. The Bertz CT molecular complexity index is 989. The number of aromatic hydroxyl groups is 1. The fourth-order valence-electron chi connectivity index (χ4n) is 2.39. The predicted octanol–water partition coefficient (Wildman–Crippen LogP) is 2.55. The molecule has 25 heavy (non-hydrogen) atoms. The van der Waals surface area contributed by atoms with Crippen LogP contribution in [0.25, 0.3) is 16.7 Å². The van der Waals surface area contributed by atoms with Crippen molar-refractivity contribution in [1.82, 2.24) is 15.0 Å². The van der Waals surface area contributed by atoms with Gasteiger partial charge in [0.25, 0.3) is 0 Å². The molecule has 0 saturated heterocycles. The Morgan fingerprint density at radius 2 is 1.84 bits per heavy atom. The van der Waals surface area contributed by atoms with Crippen LogP contribution in [0.4, 0.5) is 13.2 Å². The van der Waals surface area contributed by atoms with E-state index in [0.29, 0.717) is 5.56 Å². The van der Waals surface area contributed by atoms with Crippen LogP contribution < -0.4 is 0 Å². The van der Waals surface area contributed by atoms with E-state index in [2.05, 4.69) is 10.2 Å². The van der Waals surface area contributed by atoms with Crippen LogP contribution >= 0.6 is 0 Å². The molecule has 0 bridgehead atoms.